The molecule has 7 heteroatoms. The van der Waals surface area contributed by atoms with E-state index in [1.807, 2.05) is 13.0 Å². The molecular formula is C13H10Br2N2O3. The Morgan fingerprint density at radius 1 is 1.30 bits per heavy atom. The number of aromatic hydroxyl groups is 1. The van der Waals surface area contributed by atoms with Gasteiger partial charge in [-0.25, -0.2) is 4.79 Å². The zero-order valence-corrected chi connectivity index (χ0v) is 13.5. The number of hydrogen-bond donors (Lipinski definition) is 3. The molecule has 1 heterocycles. The molecule has 3 N–H and O–H groups in total. The van der Waals surface area contributed by atoms with Crippen molar-refractivity contribution in [2.45, 2.75) is 6.92 Å². The molecule has 0 atom stereocenters. The minimum atomic E-state index is -1.12. The third-order valence-corrected chi connectivity index (χ3v) is 4.23. The highest BCUT2D eigenvalue weighted by Gasteiger charge is 2.17. The number of phenolic OH excluding ortho intramolecular Hbond substituents is 1. The van der Waals surface area contributed by atoms with Crippen molar-refractivity contribution in [2.75, 3.05) is 0 Å². The van der Waals surface area contributed by atoms with Gasteiger partial charge in [-0.15, -0.1) is 0 Å². The molecule has 2 aromatic rings. The fraction of sp³-hybridized carbons (Fsp3) is 0.0769. The van der Waals surface area contributed by atoms with Crippen molar-refractivity contribution in [1.29, 1.82) is 0 Å². The van der Waals surface area contributed by atoms with Crippen LogP contribution in [-0.2, 0) is 0 Å². The van der Waals surface area contributed by atoms with Gasteiger partial charge in [0.25, 0.3) is 0 Å². The number of H-pyrrole nitrogens is 1. The number of carboxylic acids is 1. The lowest BCUT2D eigenvalue weighted by atomic mass is 10.1. The Labute approximate surface area is 131 Å². The smallest absolute Gasteiger partial charge is 0.337 e. The Kier molecular flexibility index (Phi) is 4.29. The fourth-order valence-corrected chi connectivity index (χ4v) is 2.81. The second-order valence-electron chi connectivity index (χ2n) is 4.10. The number of aromatic amines is 1. The summed E-state index contributed by atoms with van der Waals surface area (Å²) in [6.45, 7) is 1.88. The third-order valence-electron chi connectivity index (χ3n) is 2.60. The fourth-order valence-electron chi connectivity index (χ4n) is 1.62. The summed E-state index contributed by atoms with van der Waals surface area (Å²) in [5.74, 6) is -1.27. The summed E-state index contributed by atoms with van der Waals surface area (Å²) in [6, 6.07) is 3.31. The van der Waals surface area contributed by atoms with Crippen LogP contribution in [-0.4, -0.2) is 26.4 Å². The Morgan fingerprint density at radius 3 is 2.55 bits per heavy atom. The van der Waals surface area contributed by atoms with Gasteiger partial charge in [0.2, 0.25) is 0 Å². The summed E-state index contributed by atoms with van der Waals surface area (Å²) in [7, 11) is 0. The van der Waals surface area contributed by atoms with Gasteiger partial charge in [0, 0.05) is 5.69 Å². The van der Waals surface area contributed by atoms with Crippen molar-refractivity contribution in [3.8, 4) is 5.75 Å². The number of nitrogens with zero attached hydrogens (tertiary/aromatic N) is 1. The summed E-state index contributed by atoms with van der Waals surface area (Å²) in [5.41, 5.74) is 2.18. The normalized spacial score (nSPS) is 11.2. The van der Waals surface area contributed by atoms with Gasteiger partial charge in [0.1, 0.15) is 5.75 Å². The molecule has 0 fully saturated rings. The second kappa shape index (κ2) is 5.80. The van der Waals surface area contributed by atoms with Crippen molar-refractivity contribution >= 4 is 50.0 Å². The SMILES string of the molecule is Cc1cc(/C=C/c2cc(C(=O)O)c(Br)c(O)c2Br)n[nH]1. The summed E-state index contributed by atoms with van der Waals surface area (Å²) in [5, 5.41) is 25.9. The number of halogens is 2. The maximum atomic E-state index is 11.1. The number of phenols is 1. The predicted molar refractivity (Wildman–Crippen MR) is 82.7 cm³/mol. The number of carboxylic acid groups (broad SMARTS) is 1. The zero-order chi connectivity index (χ0) is 14.9. The van der Waals surface area contributed by atoms with Crippen molar-refractivity contribution in [2.24, 2.45) is 0 Å². The average Bonchev–Trinajstić information content (AvgIpc) is 2.80. The number of aryl methyl sites for hydroxylation is 1. The quantitative estimate of drug-likeness (QED) is 0.729. The molecule has 0 saturated heterocycles. The molecule has 20 heavy (non-hydrogen) atoms. The van der Waals surface area contributed by atoms with Crippen LogP contribution in [0.15, 0.2) is 21.1 Å². The molecule has 0 bridgehead atoms. The van der Waals surface area contributed by atoms with Crippen LogP contribution in [0.25, 0.3) is 12.2 Å². The Hall–Kier alpha value is -1.60. The van der Waals surface area contributed by atoms with E-state index in [1.54, 1.807) is 12.2 Å². The molecular weight excluding hydrogens is 392 g/mol. The van der Waals surface area contributed by atoms with Gasteiger partial charge in [-0.2, -0.15) is 5.10 Å². The molecule has 1 aromatic carbocycles. The topological polar surface area (TPSA) is 86.2 Å². The Bertz CT molecular complexity index is 708. The molecule has 5 nitrogen and oxygen atoms in total. The van der Waals surface area contributed by atoms with Crippen LogP contribution in [0.4, 0.5) is 0 Å². The molecule has 0 unspecified atom stereocenters. The van der Waals surface area contributed by atoms with E-state index in [9.17, 15) is 9.90 Å². The molecule has 0 aliphatic heterocycles. The largest absolute Gasteiger partial charge is 0.506 e. The van der Waals surface area contributed by atoms with Gasteiger partial charge in [-0.3, -0.25) is 5.10 Å². The highest BCUT2D eigenvalue weighted by Crippen LogP contribution is 2.38. The lowest BCUT2D eigenvalue weighted by molar-refractivity contribution is 0.0695. The molecule has 0 aliphatic carbocycles. The first kappa shape index (κ1) is 14.8. The van der Waals surface area contributed by atoms with Crippen LogP contribution in [0.1, 0.15) is 27.3 Å². The Morgan fingerprint density at radius 2 is 2.00 bits per heavy atom. The van der Waals surface area contributed by atoms with E-state index >= 15 is 0 Å². The molecule has 0 spiro atoms. The molecule has 0 aliphatic rings. The van der Waals surface area contributed by atoms with E-state index in [-0.39, 0.29) is 15.8 Å². The van der Waals surface area contributed by atoms with Crippen LogP contribution in [0.5, 0.6) is 5.75 Å². The van der Waals surface area contributed by atoms with E-state index in [1.165, 1.54) is 6.07 Å². The first-order valence-corrected chi connectivity index (χ1v) is 7.13. The maximum Gasteiger partial charge on any atom is 0.337 e. The monoisotopic (exact) mass is 400 g/mol. The van der Waals surface area contributed by atoms with Gasteiger partial charge in [-0.1, -0.05) is 6.08 Å². The summed E-state index contributed by atoms with van der Waals surface area (Å²) in [4.78, 5) is 11.1. The van der Waals surface area contributed by atoms with Gasteiger partial charge in [0.05, 0.1) is 20.2 Å². The first-order valence-electron chi connectivity index (χ1n) is 5.54. The van der Waals surface area contributed by atoms with Gasteiger partial charge in [0.15, 0.2) is 0 Å². The molecule has 1 aromatic heterocycles. The number of benzene rings is 1. The van der Waals surface area contributed by atoms with Crippen LogP contribution >= 0.6 is 31.9 Å². The van der Waals surface area contributed by atoms with Crippen molar-refractivity contribution in [3.05, 3.63) is 43.6 Å². The maximum absolute atomic E-state index is 11.1. The highest BCUT2D eigenvalue weighted by atomic mass is 79.9. The molecule has 0 saturated carbocycles. The third kappa shape index (κ3) is 2.94. The minimum absolute atomic E-state index is 0.0106. The van der Waals surface area contributed by atoms with Gasteiger partial charge >= 0.3 is 5.97 Å². The number of aromatic carboxylic acids is 1. The van der Waals surface area contributed by atoms with E-state index in [4.69, 9.17) is 5.11 Å². The van der Waals surface area contributed by atoms with E-state index in [0.29, 0.717) is 15.7 Å². The minimum Gasteiger partial charge on any atom is -0.506 e. The Balaban J connectivity index is 2.46. The van der Waals surface area contributed by atoms with E-state index in [2.05, 4.69) is 42.1 Å². The lowest BCUT2D eigenvalue weighted by Crippen LogP contribution is -1.99. The molecule has 2 rings (SSSR count). The van der Waals surface area contributed by atoms with Crippen LogP contribution in [0.3, 0.4) is 0 Å². The first-order chi connectivity index (χ1) is 9.40. The summed E-state index contributed by atoms with van der Waals surface area (Å²) in [6.07, 6.45) is 3.40. The highest BCUT2D eigenvalue weighted by molar-refractivity contribution is 9.11. The number of carbonyl (C=O) groups is 1. The van der Waals surface area contributed by atoms with Crippen molar-refractivity contribution in [3.63, 3.8) is 0 Å². The lowest BCUT2D eigenvalue weighted by Gasteiger charge is -2.07. The van der Waals surface area contributed by atoms with Crippen molar-refractivity contribution in [1.82, 2.24) is 10.2 Å². The number of aromatic nitrogens is 2. The van der Waals surface area contributed by atoms with Crippen molar-refractivity contribution < 1.29 is 15.0 Å². The molecule has 0 amide bonds. The molecule has 0 radical (unpaired) electrons. The summed E-state index contributed by atoms with van der Waals surface area (Å²) >= 11 is 6.30. The van der Waals surface area contributed by atoms with E-state index < -0.39 is 5.97 Å². The summed E-state index contributed by atoms with van der Waals surface area (Å²) < 4.78 is 0.558. The number of rotatable bonds is 3. The van der Waals surface area contributed by atoms with Crippen LogP contribution < -0.4 is 0 Å². The molecule has 104 valence electrons. The predicted octanol–water partition coefficient (Wildman–Crippen LogP) is 3.82. The number of nitrogens with one attached hydrogen (secondary N) is 1. The second-order valence-corrected chi connectivity index (χ2v) is 5.69. The van der Waals surface area contributed by atoms with Crippen LogP contribution in [0.2, 0.25) is 0 Å². The average molecular weight is 402 g/mol. The number of hydrogen-bond acceptors (Lipinski definition) is 3. The van der Waals surface area contributed by atoms with Gasteiger partial charge in [-0.05, 0) is 62.6 Å². The standard InChI is InChI=1S/C13H10Br2N2O3/c1-6-4-8(17-16-6)3-2-7-5-9(13(19)20)11(15)12(18)10(7)14/h2-5,18H,1H3,(H,16,17)(H,19,20)/b3-2+. The van der Waals surface area contributed by atoms with Crippen LogP contribution in [0, 0.1) is 6.92 Å². The zero-order valence-electron chi connectivity index (χ0n) is 10.3. The van der Waals surface area contributed by atoms with Gasteiger partial charge < -0.3 is 10.2 Å². The van der Waals surface area contributed by atoms with E-state index in [0.717, 1.165) is 5.69 Å².